The Labute approximate surface area is 122 Å². The van der Waals surface area contributed by atoms with Crippen LogP contribution in [0.4, 0.5) is 4.79 Å². The minimum Gasteiger partial charge on any atom is -0.465 e. The number of carbonyl (C=O) groups is 2. The monoisotopic (exact) mass is 295 g/mol. The average Bonchev–Trinajstić information content (AvgIpc) is 2.93. The summed E-state index contributed by atoms with van der Waals surface area (Å²) in [7, 11) is 0. The number of amides is 2. The van der Waals surface area contributed by atoms with E-state index in [4.69, 9.17) is 5.11 Å². The fourth-order valence-electron chi connectivity index (χ4n) is 2.52. The minimum absolute atomic E-state index is 0.117. The molecule has 0 radical (unpaired) electrons. The van der Waals surface area contributed by atoms with Crippen LogP contribution in [-0.4, -0.2) is 63.2 Å². The van der Waals surface area contributed by atoms with Gasteiger partial charge in [-0.05, 0) is 6.42 Å². The van der Waals surface area contributed by atoms with Crippen LogP contribution < -0.4 is 10.6 Å². The second-order valence-corrected chi connectivity index (χ2v) is 5.46. The van der Waals surface area contributed by atoms with E-state index in [1.807, 2.05) is 13.8 Å². The second-order valence-electron chi connectivity index (χ2n) is 5.46. The molecule has 4 N–H and O–H groups in total. The smallest absolute Gasteiger partial charge is 0.407 e. The van der Waals surface area contributed by atoms with Crippen LogP contribution in [-0.2, 0) is 0 Å². The molecular weight excluding hydrogens is 274 g/mol. The number of aromatic amines is 1. The van der Waals surface area contributed by atoms with Gasteiger partial charge in [0, 0.05) is 43.6 Å². The predicted octanol–water partition coefficient (Wildman–Crippen LogP) is 0.258. The second kappa shape index (κ2) is 6.57. The highest BCUT2D eigenvalue weighted by molar-refractivity contribution is 5.90. The Kier molecular flexibility index (Phi) is 4.79. The summed E-state index contributed by atoms with van der Waals surface area (Å²) in [5, 5.41) is 15.3. The number of hydrogen-bond acceptors (Lipinski definition) is 4. The maximum atomic E-state index is 12.1. The number of aromatic nitrogens is 2. The van der Waals surface area contributed by atoms with Crippen LogP contribution in [0.15, 0.2) is 12.4 Å². The Bertz CT molecular complexity index is 488. The van der Waals surface area contributed by atoms with Crippen LogP contribution in [0.5, 0.6) is 0 Å². The van der Waals surface area contributed by atoms with Gasteiger partial charge in [-0.25, -0.2) is 9.78 Å². The lowest BCUT2D eigenvalue weighted by Gasteiger charge is -2.38. The Morgan fingerprint density at radius 1 is 1.48 bits per heavy atom. The lowest BCUT2D eigenvalue weighted by atomic mass is 9.98. The molecular formula is C13H21N5O3. The fraction of sp³-hybridized carbons (Fsp3) is 0.615. The van der Waals surface area contributed by atoms with Gasteiger partial charge >= 0.3 is 6.09 Å². The molecule has 0 bridgehead atoms. The van der Waals surface area contributed by atoms with Gasteiger partial charge in [-0.15, -0.1) is 0 Å². The molecule has 2 heterocycles. The summed E-state index contributed by atoms with van der Waals surface area (Å²) in [4.78, 5) is 31.2. The van der Waals surface area contributed by atoms with Crippen LogP contribution in [0.25, 0.3) is 0 Å². The average molecular weight is 295 g/mol. The summed E-state index contributed by atoms with van der Waals surface area (Å²) in [6.07, 6.45) is 2.75. The zero-order valence-electron chi connectivity index (χ0n) is 12.2. The first-order chi connectivity index (χ1) is 9.97. The van der Waals surface area contributed by atoms with Gasteiger partial charge in [0.1, 0.15) is 0 Å². The van der Waals surface area contributed by atoms with Crippen molar-refractivity contribution in [2.45, 2.75) is 38.4 Å². The summed E-state index contributed by atoms with van der Waals surface area (Å²) < 4.78 is 0. The molecule has 1 aliphatic heterocycles. The number of nitrogens with zero attached hydrogens (tertiary/aromatic N) is 2. The number of imidazole rings is 1. The Hall–Kier alpha value is -2.09. The molecule has 8 heteroatoms. The lowest BCUT2D eigenvalue weighted by molar-refractivity contribution is 0.0856. The number of likely N-dealkylation sites (tertiary alicyclic amines) is 1. The molecule has 1 aromatic rings. The summed E-state index contributed by atoms with van der Waals surface area (Å²) in [6, 6.07) is -0.0406. The highest BCUT2D eigenvalue weighted by Crippen LogP contribution is 2.13. The van der Waals surface area contributed by atoms with Crippen molar-refractivity contribution in [3.63, 3.8) is 0 Å². The van der Waals surface area contributed by atoms with E-state index >= 15 is 0 Å². The molecule has 1 aromatic heterocycles. The zero-order valence-corrected chi connectivity index (χ0v) is 12.2. The standard InChI is InChI=1S/C13H21N5O3/c1-8(2)16-10-7-18(13(20)21)6-3-9(10)17-12(19)11-14-4-5-15-11/h4-5,8-10,16H,3,6-7H2,1-2H3,(H,14,15)(H,17,19)(H,20,21). The molecule has 1 saturated heterocycles. The molecule has 21 heavy (non-hydrogen) atoms. The highest BCUT2D eigenvalue weighted by atomic mass is 16.4. The molecule has 116 valence electrons. The summed E-state index contributed by atoms with van der Waals surface area (Å²) in [5.74, 6) is -0.0108. The summed E-state index contributed by atoms with van der Waals surface area (Å²) in [6.45, 7) is 4.75. The number of hydrogen-bond donors (Lipinski definition) is 4. The van der Waals surface area contributed by atoms with Gasteiger partial charge in [-0.1, -0.05) is 13.8 Å². The van der Waals surface area contributed by atoms with Crippen molar-refractivity contribution in [3.05, 3.63) is 18.2 Å². The van der Waals surface area contributed by atoms with E-state index in [9.17, 15) is 9.59 Å². The molecule has 8 nitrogen and oxygen atoms in total. The van der Waals surface area contributed by atoms with Crippen molar-refractivity contribution in [2.24, 2.45) is 0 Å². The largest absolute Gasteiger partial charge is 0.465 e. The predicted molar refractivity (Wildman–Crippen MR) is 76.1 cm³/mol. The summed E-state index contributed by atoms with van der Waals surface area (Å²) in [5.41, 5.74) is 0. The van der Waals surface area contributed by atoms with Crippen molar-refractivity contribution in [1.29, 1.82) is 0 Å². The van der Waals surface area contributed by atoms with Crippen LogP contribution >= 0.6 is 0 Å². The van der Waals surface area contributed by atoms with Gasteiger partial charge in [0.15, 0.2) is 5.82 Å². The summed E-state index contributed by atoms with van der Waals surface area (Å²) >= 11 is 0. The van der Waals surface area contributed by atoms with E-state index in [0.29, 0.717) is 19.5 Å². The molecule has 0 aromatic carbocycles. The molecule has 1 fully saturated rings. The molecule has 0 saturated carbocycles. The van der Waals surface area contributed by atoms with Crippen LogP contribution in [0.1, 0.15) is 30.9 Å². The third kappa shape index (κ3) is 3.94. The molecule has 0 aliphatic carbocycles. The van der Waals surface area contributed by atoms with Gasteiger partial charge in [0.25, 0.3) is 5.91 Å². The van der Waals surface area contributed by atoms with Crippen molar-refractivity contribution < 1.29 is 14.7 Å². The van der Waals surface area contributed by atoms with Crippen LogP contribution in [0, 0.1) is 0 Å². The maximum Gasteiger partial charge on any atom is 0.407 e. The number of piperidine rings is 1. The number of H-pyrrole nitrogens is 1. The first-order valence-electron chi connectivity index (χ1n) is 7.01. The van der Waals surface area contributed by atoms with Gasteiger partial charge in [0.2, 0.25) is 0 Å². The van der Waals surface area contributed by atoms with Crippen molar-refractivity contribution in [3.8, 4) is 0 Å². The Balaban J connectivity index is 2.02. The van der Waals surface area contributed by atoms with E-state index < -0.39 is 6.09 Å². The number of carbonyl (C=O) groups excluding carboxylic acids is 1. The first kappa shape index (κ1) is 15.3. The van der Waals surface area contributed by atoms with Gasteiger partial charge < -0.3 is 25.6 Å². The maximum absolute atomic E-state index is 12.1. The number of rotatable bonds is 4. The van der Waals surface area contributed by atoms with Crippen LogP contribution in [0.3, 0.4) is 0 Å². The van der Waals surface area contributed by atoms with E-state index in [0.717, 1.165) is 0 Å². The van der Waals surface area contributed by atoms with Crippen molar-refractivity contribution in [1.82, 2.24) is 25.5 Å². The quantitative estimate of drug-likeness (QED) is 0.637. The molecule has 2 rings (SSSR count). The molecule has 0 spiro atoms. The normalized spacial score (nSPS) is 22.3. The minimum atomic E-state index is -0.929. The third-order valence-electron chi connectivity index (χ3n) is 3.46. The molecule has 2 amide bonds. The third-order valence-corrected chi connectivity index (χ3v) is 3.46. The number of nitrogens with one attached hydrogen (secondary N) is 3. The van der Waals surface area contributed by atoms with Crippen LogP contribution in [0.2, 0.25) is 0 Å². The van der Waals surface area contributed by atoms with Gasteiger partial charge in [0.05, 0.1) is 0 Å². The SMILES string of the molecule is CC(C)NC1CN(C(=O)O)CCC1NC(=O)c1ncc[nH]1. The van der Waals surface area contributed by atoms with Gasteiger partial charge in [-0.3, -0.25) is 4.79 Å². The van der Waals surface area contributed by atoms with E-state index in [1.165, 1.54) is 11.1 Å². The molecule has 2 atom stereocenters. The highest BCUT2D eigenvalue weighted by Gasteiger charge is 2.33. The Morgan fingerprint density at radius 2 is 2.24 bits per heavy atom. The van der Waals surface area contributed by atoms with Crippen molar-refractivity contribution in [2.75, 3.05) is 13.1 Å². The first-order valence-corrected chi connectivity index (χ1v) is 7.01. The number of carboxylic acid groups (broad SMARTS) is 1. The van der Waals surface area contributed by atoms with Crippen molar-refractivity contribution >= 4 is 12.0 Å². The Morgan fingerprint density at radius 3 is 2.81 bits per heavy atom. The molecule has 1 aliphatic rings. The molecule has 2 unspecified atom stereocenters. The van der Waals surface area contributed by atoms with E-state index in [-0.39, 0.29) is 29.9 Å². The van der Waals surface area contributed by atoms with Gasteiger partial charge in [-0.2, -0.15) is 0 Å². The zero-order chi connectivity index (χ0) is 15.4. The topological polar surface area (TPSA) is 110 Å². The lowest BCUT2D eigenvalue weighted by Crippen LogP contribution is -2.61. The fourth-order valence-corrected chi connectivity index (χ4v) is 2.52. The van der Waals surface area contributed by atoms with E-state index in [2.05, 4.69) is 20.6 Å². The van der Waals surface area contributed by atoms with E-state index in [1.54, 1.807) is 6.20 Å².